The van der Waals surface area contributed by atoms with Gasteiger partial charge in [-0.05, 0) is 43.0 Å². The molecule has 0 atom stereocenters. The second-order valence-corrected chi connectivity index (χ2v) is 12.0. The molecular weight excluding hydrogens is 549 g/mol. The number of aliphatic imine (C=N–C) groups is 1. The topological polar surface area (TPSA) is 108 Å². The van der Waals surface area contributed by atoms with Gasteiger partial charge in [-0.2, -0.15) is 4.31 Å². The maximum atomic E-state index is 13.4. The molecule has 1 fully saturated rings. The van der Waals surface area contributed by atoms with Crippen molar-refractivity contribution >= 4 is 45.0 Å². The van der Waals surface area contributed by atoms with E-state index in [-0.39, 0.29) is 40.0 Å². The number of rotatable bonds is 10. The van der Waals surface area contributed by atoms with Crippen LogP contribution in [0.4, 0.5) is 0 Å². The molecule has 0 radical (unpaired) electrons. The molecule has 0 unspecified atom stereocenters. The first-order chi connectivity index (χ1) is 18.2. The van der Waals surface area contributed by atoms with Gasteiger partial charge in [-0.3, -0.25) is 9.79 Å². The molecular formula is C26H27Cl2N5O4S. The summed E-state index contributed by atoms with van der Waals surface area (Å²) in [7, 11) is -2.22. The van der Waals surface area contributed by atoms with Crippen molar-refractivity contribution in [2.45, 2.75) is 36.7 Å². The van der Waals surface area contributed by atoms with Gasteiger partial charge in [-0.25, -0.2) is 13.4 Å². The first-order valence-electron chi connectivity index (χ1n) is 12.3. The highest BCUT2D eigenvalue weighted by Gasteiger charge is 2.40. The van der Waals surface area contributed by atoms with Crippen LogP contribution in [0.25, 0.3) is 0 Å². The van der Waals surface area contributed by atoms with Gasteiger partial charge in [0.1, 0.15) is 17.0 Å². The van der Waals surface area contributed by atoms with Crippen molar-refractivity contribution in [3.63, 3.8) is 0 Å². The minimum atomic E-state index is -3.92. The number of nitrogens with one attached hydrogen (secondary N) is 1. The lowest BCUT2D eigenvalue weighted by Crippen LogP contribution is -2.33. The smallest absolute Gasteiger partial charge is 0.275 e. The zero-order chi connectivity index (χ0) is 26.9. The molecule has 12 heteroatoms. The summed E-state index contributed by atoms with van der Waals surface area (Å²) in [4.78, 5) is 23.2. The number of halogens is 2. The fraction of sp³-hybridized carbons (Fsp3) is 0.346. The summed E-state index contributed by atoms with van der Waals surface area (Å²) in [6.07, 6.45) is 3.39. The lowest BCUT2D eigenvalue weighted by molar-refractivity contribution is 0.0790. The quantitative estimate of drug-likeness (QED) is 0.391. The highest BCUT2D eigenvalue weighted by atomic mass is 35.5. The number of carbonyl (C=O) groups is 1. The molecule has 0 spiro atoms. The van der Waals surface area contributed by atoms with E-state index in [1.54, 1.807) is 11.9 Å². The number of nitrogens with zero attached hydrogens (tertiary/aromatic N) is 4. The van der Waals surface area contributed by atoms with Crippen molar-refractivity contribution in [1.29, 1.82) is 0 Å². The van der Waals surface area contributed by atoms with Crippen LogP contribution in [0.1, 0.15) is 40.3 Å². The van der Waals surface area contributed by atoms with Crippen LogP contribution >= 0.6 is 23.2 Å². The normalized spacial score (nSPS) is 15.4. The summed E-state index contributed by atoms with van der Waals surface area (Å²) in [6, 6.07) is 12.2. The van der Waals surface area contributed by atoms with Crippen molar-refractivity contribution in [3.05, 3.63) is 81.5 Å². The second-order valence-electron chi connectivity index (χ2n) is 9.31. The van der Waals surface area contributed by atoms with E-state index in [1.807, 2.05) is 24.3 Å². The van der Waals surface area contributed by atoms with E-state index < -0.39 is 10.0 Å². The Labute approximate surface area is 231 Å². The molecule has 1 aliphatic heterocycles. The zero-order valence-electron chi connectivity index (χ0n) is 20.7. The van der Waals surface area contributed by atoms with Gasteiger partial charge in [0, 0.05) is 36.8 Å². The van der Waals surface area contributed by atoms with E-state index in [0.29, 0.717) is 18.0 Å². The predicted molar refractivity (Wildman–Crippen MR) is 145 cm³/mol. The number of carbonyl (C=O) groups excluding carboxylic acids is 1. The highest BCUT2D eigenvalue weighted by molar-refractivity contribution is 7.89. The van der Waals surface area contributed by atoms with Gasteiger partial charge in [0.2, 0.25) is 15.9 Å². The Balaban J connectivity index is 1.22. The van der Waals surface area contributed by atoms with Crippen LogP contribution in [0, 0.1) is 0 Å². The van der Waals surface area contributed by atoms with Crippen LogP contribution in [0.15, 0.2) is 63.0 Å². The molecule has 9 nitrogen and oxygen atoms in total. The third-order valence-corrected chi connectivity index (χ3v) is 9.10. The first-order valence-corrected chi connectivity index (χ1v) is 14.5. The summed E-state index contributed by atoms with van der Waals surface area (Å²) in [5.74, 6) is 0.749. The molecule has 1 amide bonds. The zero-order valence-corrected chi connectivity index (χ0v) is 23.1. The maximum Gasteiger partial charge on any atom is 0.275 e. The lowest BCUT2D eigenvalue weighted by Gasteiger charge is -2.21. The largest absolute Gasteiger partial charge is 0.447 e. The number of likely N-dealkylation sites (N-methyl/N-ethyl adjacent to an activating group) is 1. The van der Waals surface area contributed by atoms with E-state index >= 15 is 0 Å². The van der Waals surface area contributed by atoms with Crippen molar-refractivity contribution < 1.29 is 17.6 Å². The minimum Gasteiger partial charge on any atom is -0.447 e. The van der Waals surface area contributed by atoms with E-state index in [2.05, 4.69) is 15.3 Å². The Morgan fingerprint density at radius 1 is 1.16 bits per heavy atom. The van der Waals surface area contributed by atoms with Gasteiger partial charge in [0.15, 0.2) is 5.69 Å². The first kappa shape index (κ1) is 26.7. The number of oxazole rings is 1. The standard InChI is InChI=1S/C26H27Cl2N5O4S/c1-32(13-10-17-2-4-18(5-3-17)25-29-11-12-30-25)26(34)22-16-37-24(31-22)15-33(20-7-8-20)38(35,36)23-9-6-19(27)14-21(23)28/h2-6,9,14,16,20H,7-8,10-13,15H2,1H3,(H,29,30). The molecule has 38 heavy (non-hydrogen) atoms. The summed E-state index contributed by atoms with van der Waals surface area (Å²) >= 11 is 12.1. The van der Waals surface area contributed by atoms with Crippen molar-refractivity contribution in [2.24, 2.45) is 4.99 Å². The van der Waals surface area contributed by atoms with E-state index in [9.17, 15) is 13.2 Å². The van der Waals surface area contributed by atoms with Gasteiger partial charge in [0.25, 0.3) is 5.91 Å². The molecule has 2 aromatic carbocycles. The monoisotopic (exact) mass is 575 g/mol. The molecule has 2 aliphatic rings. The number of sulfonamides is 1. The van der Waals surface area contributed by atoms with E-state index in [1.165, 1.54) is 28.8 Å². The van der Waals surface area contributed by atoms with E-state index in [4.69, 9.17) is 27.6 Å². The Hall–Kier alpha value is -2.92. The summed E-state index contributed by atoms with van der Waals surface area (Å²) in [5, 5.41) is 3.65. The predicted octanol–water partition coefficient (Wildman–Crippen LogP) is 4.00. The van der Waals surface area contributed by atoms with Crippen LogP contribution in [0.3, 0.4) is 0 Å². The van der Waals surface area contributed by atoms with Gasteiger partial charge in [0.05, 0.1) is 18.1 Å². The molecule has 2 heterocycles. The summed E-state index contributed by atoms with van der Waals surface area (Å²) < 4.78 is 33.6. The Kier molecular flexibility index (Phi) is 7.76. The van der Waals surface area contributed by atoms with Crippen LogP contribution in [0.2, 0.25) is 10.0 Å². The number of hydrogen-bond donors (Lipinski definition) is 1. The van der Waals surface area contributed by atoms with Crippen LogP contribution < -0.4 is 5.32 Å². The second kappa shape index (κ2) is 11.1. The fourth-order valence-electron chi connectivity index (χ4n) is 4.21. The number of amides is 1. The lowest BCUT2D eigenvalue weighted by atomic mass is 10.1. The van der Waals surface area contributed by atoms with Crippen molar-refractivity contribution in [3.8, 4) is 0 Å². The average molecular weight is 577 g/mol. The molecule has 1 saturated carbocycles. The van der Waals surface area contributed by atoms with E-state index in [0.717, 1.165) is 42.9 Å². The van der Waals surface area contributed by atoms with Gasteiger partial charge < -0.3 is 14.6 Å². The number of aromatic nitrogens is 1. The Morgan fingerprint density at radius 2 is 1.92 bits per heavy atom. The average Bonchev–Trinajstić information content (AvgIpc) is 3.37. The summed E-state index contributed by atoms with van der Waals surface area (Å²) in [6.45, 7) is 2.03. The SMILES string of the molecule is CN(CCc1ccc(C2=NCCN2)cc1)C(=O)c1coc(CN(C2CC2)S(=O)(=O)c2ccc(Cl)cc2Cl)n1. The fourth-order valence-corrected chi connectivity index (χ4v) is 6.60. The van der Waals surface area contributed by atoms with Gasteiger partial charge in [-0.15, -0.1) is 0 Å². The molecule has 1 aromatic heterocycles. The van der Waals surface area contributed by atoms with Crippen LogP contribution in [0.5, 0.6) is 0 Å². The van der Waals surface area contributed by atoms with Gasteiger partial charge >= 0.3 is 0 Å². The maximum absolute atomic E-state index is 13.4. The van der Waals surface area contributed by atoms with Crippen LogP contribution in [-0.2, 0) is 23.0 Å². The molecule has 200 valence electrons. The third-order valence-electron chi connectivity index (χ3n) is 6.48. The Bertz CT molecular complexity index is 1470. The third kappa shape index (κ3) is 5.88. The molecule has 1 aliphatic carbocycles. The Morgan fingerprint density at radius 3 is 2.58 bits per heavy atom. The molecule has 0 bridgehead atoms. The van der Waals surface area contributed by atoms with Crippen LogP contribution in [-0.4, -0.2) is 67.1 Å². The van der Waals surface area contributed by atoms with Gasteiger partial charge in [-0.1, -0.05) is 47.5 Å². The van der Waals surface area contributed by atoms with Crippen molar-refractivity contribution in [2.75, 3.05) is 26.7 Å². The molecule has 3 aromatic rings. The number of hydrogen-bond acceptors (Lipinski definition) is 7. The molecule has 0 saturated heterocycles. The minimum absolute atomic E-state index is 0.0291. The highest BCUT2D eigenvalue weighted by Crippen LogP contribution is 2.36. The summed E-state index contributed by atoms with van der Waals surface area (Å²) in [5.41, 5.74) is 2.27. The number of amidine groups is 1. The molecule has 1 N–H and O–H groups in total. The van der Waals surface area contributed by atoms with Crippen molar-refractivity contribution in [1.82, 2.24) is 19.5 Å². The molecule has 5 rings (SSSR count). The number of benzene rings is 2.